The summed E-state index contributed by atoms with van der Waals surface area (Å²) in [7, 11) is 0. The Hall–Kier alpha value is -1.84. The molecule has 1 saturated carbocycles. The summed E-state index contributed by atoms with van der Waals surface area (Å²) in [6.45, 7) is 0. The van der Waals surface area contributed by atoms with Gasteiger partial charge in [-0.3, -0.25) is 0 Å². The van der Waals surface area contributed by atoms with E-state index in [4.69, 9.17) is 0 Å². The minimum Gasteiger partial charge on any atom is -0.240 e. The first-order valence-electron chi connectivity index (χ1n) is 6.47. The van der Waals surface area contributed by atoms with Gasteiger partial charge in [-0.1, -0.05) is 19.3 Å². The zero-order valence-electron chi connectivity index (χ0n) is 10.3. The van der Waals surface area contributed by atoms with E-state index in [1.54, 1.807) is 0 Å². The Balaban J connectivity index is 2.10. The summed E-state index contributed by atoms with van der Waals surface area (Å²) in [5, 5.41) is 0. The van der Waals surface area contributed by atoms with Gasteiger partial charge in [-0.15, -0.1) is 0 Å². The van der Waals surface area contributed by atoms with Gasteiger partial charge in [0.25, 0.3) is 0 Å². The Kier molecular flexibility index (Phi) is 3.00. The first-order chi connectivity index (χ1) is 8.92. The lowest BCUT2D eigenvalue weighted by Crippen LogP contribution is -2.34. The molecule has 0 unspecified atom stereocenters. The predicted octanol–water partition coefficient (Wildman–Crippen LogP) is 2.52. The second-order valence-corrected chi connectivity index (χ2v) is 4.79. The number of rotatable bonds is 2. The molecule has 0 aromatic carbocycles. The van der Waals surface area contributed by atoms with Gasteiger partial charge in [0.05, 0.1) is 5.41 Å². The Morgan fingerprint density at radius 2 is 1.11 bits per heavy atom. The summed E-state index contributed by atoms with van der Waals surface area (Å²) in [5.74, 6) is 1.74. The highest BCUT2D eigenvalue weighted by molar-refractivity contribution is 5.22. The highest BCUT2D eigenvalue weighted by Crippen LogP contribution is 2.41. The molecular weight excluding hydrogens is 224 g/mol. The minimum atomic E-state index is -0.180. The van der Waals surface area contributed by atoms with Crippen molar-refractivity contribution >= 4 is 0 Å². The Labute approximate surface area is 107 Å². The molecule has 18 heavy (non-hydrogen) atoms. The molecule has 0 spiro atoms. The Morgan fingerprint density at radius 3 is 1.56 bits per heavy atom. The average Bonchev–Trinajstić information content (AvgIpc) is 2.50. The van der Waals surface area contributed by atoms with E-state index in [2.05, 4.69) is 19.9 Å². The smallest absolute Gasteiger partial charge is 0.141 e. The minimum absolute atomic E-state index is 0.180. The summed E-state index contributed by atoms with van der Waals surface area (Å²) in [6.07, 6.45) is 13.0. The molecule has 2 aromatic heterocycles. The van der Waals surface area contributed by atoms with Crippen LogP contribution in [0.15, 0.2) is 36.9 Å². The molecule has 0 amide bonds. The molecule has 1 fully saturated rings. The van der Waals surface area contributed by atoms with Crippen molar-refractivity contribution in [2.75, 3.05) is 0 Å². The third kappa shape index (κ3) is 1.88. The molecule has 2 heterocycles. The molecule has 2 aromatic rings. The van der Waals surface area contributed by atoms with Crippen molar-refractivity contribution in [2.24, 2.45) is 0 Å². The Bertz CT molecular complexity index is 450. The molecule has 0 atom stereocenters. The van der Waals surface area contributed by atoms with Crippen LogP contribution in [0, 0.1) is 0 Å². The number of hydrogen-bond acceptors (Lipinski definition) is 4. The van der Waals surface area contributed by atoms with E-state index in [-0.39, 0.29) is 5.41 Å². The van der Waals surface area contributed by atoms with Gasteiger partial charge in [0.2, 0.25) is 0 Å². The normalized spacial score (nSPS) is 18.4. The van der Waals surface area contributed by atoms with Crippen molar-refractivity contribution in [1.29, 1.82) is 0 Å². The molecule has 0 bridgehead atoms. The largest absolute Gasteiger partial charge is 0.240 e. The van der Waals surface area contributed by atoms with Crippen molar-refractivity contribution in [1.82, 2.24) is 19.9 Å². The molecule has 0 radical (unpaired) electrons. The third-order valence-corrected chi connectivity index (χ3v) is 3.69. The average molecular weight is 240 g/mol. The fourth-order valence-electron chi connectivity index (χ4n) is 2.79. The molecule has 4 heteroatoms. The van der Waals surface area contributed by atoms with Crippen molar-refractivity contribution in [3.05, 3.63) is 48.6 Å². The molecule has 0 saturated heterocycles. The SMILES string of the molecule is c1cnc(C2(c3ncccn3)CCCCC2)nc1. The molecule has 0 aliphatic heterocycles. The second kappa shape index (κ2) is 4.80. The maximum atomic E-state index is 4.46. The highest BCUT2D eigenvalue weighted by Gasteiger charge is 2.40. The van der Waals surface area contributed by atoms with Crippen LogP contribution in [0.5, 0.6) is 0 Å². The molecule has 1 aliphatic rings. The fraction of sp³-hybridized carbons (Fsp3) is 0.429. The first kappa shape index (κ1) is 11.3. The van der Waals surface area contributed by atoms with Crippen LogP contribution in [0.4, 0.5) is 0 Å². The summed E-state index contributed by atoms with van der Waals surface area (Å²) < 4.78 is 0. The van der Waals surface area contributed by atoms with Gasteiger partial charge in [0.1, 0.15) is 11.6 Å². The standard InChI is InChI=1S/C14H16N4/c1-2-6-14(7-3-1,12-15-8-4-9-16-12)13-17-10-5-11-18-13/h4-5,8-11H,1-3,6-7H2. The van der Waals surface area contributed by atoms with E-state index in [9.17, 15) is 0 Å². The topological polar surface area (TPSA) is 51.6 Å². The molecule has 92 valence electrons. The van der Waals surface area contributed by atoms with Crippen molar-refractivity contribution in [3.63, 3.8) is 0 Å². The monoisotopic (exact) mass is 240 g/mol. The lowest BCUT2D eigenvalue weighted by Gasteiger charge is -2.34. The van der Waals surface area contributed by atoms with Gasteiger partial charge in [-0.2, -0.15) is 0 Å². The highest BCUT2D eigenvalue weighted by atomic mass is 15.0. The van der Waals surface area contributed by atoms with Crippen LogP contribution < -0.4 is 0 Å². The van der Waals surface area contributed by atoms with Crippen LogP contribution in [-0.2, 0) is 5.41 Å². The summed E-state index contributed by atoms with van der Waals surface area (Å²) in [6, 6.07) is 3.71. The zero-order valence-corrected chi connectivity index (χ0v) is 10.3. The maximum absolute atomic E-state index is 4.46. The fourth-order valence-corrected chi connectivity index (χ4v) is 2.79. The summed E-state index contributed by atoms with van der Waals surface area (Å²) in [4.78, 5) is 17.8. The van der Waals surface area contributed by atoms with Crippen LogP contribution in [0.3, 0.4) is 0 Å². The van der Waals surface area contributed by atoms with E-state index >= 15 is 0 Å². The molecule has 0 N–H and O–H groups in total. The van der Waals surface area contributed by atoms with Gasteiger partial charge in [-0.05, 0) is 25.0 Å². The van der Waals surface area contributed by atoms with E-state index in [1.807, 2.05) is 36.9 Å². The van der Waals surface area contributed by atoms with Crippen molar-refractivity contribution in [2.45, 2.75) is 37.5 Å². The van der Waals surface area contributed by atoms with E-state index < -0.39 is 0 Å². The summed E-state index contributed by atoms with van der Waals surface area (Å²) in [5.41, 5.74) is -0.180. The molecule has 3 rings (SSSR count). The van der Waals surface area contributed by atoms with Crippen LogP contribution in [0.1, 0.15) is 43.8 Å². The number of nitrogens with zero attached hydrogens (tertiary/aromatic N) is 4. The molecular formula is C14H16N4. The molecule has 4 nitrogen and oxygen atoms in total. The van der Waals surface area contributed by atoms with Gasteiger partial charge < -0.3 is 0 Å². The van der Waals surface area contributed by atoms with Gasteiger partial charge >= 0.3 is 0 Å². The maximum Gasteiger partial charge on any atom is 0.141 e. The van der Waals surface area contributed by atoms with E-state index in [0.29, 0.717) is 0 Å². The zero-order chi connectivity index (χ0) is 12.3. The lowest BCUT2D eigenvalue weighted by molar-refractivity contribution is 0.315. The van der Waals surface area contributed by atoms with Crippen LogP contribution >= 0.6 is 0 Å². The lowest BCUT2D eigenvalue weighted by atomic mass is 9.72. The van der Waals surface area contributed by atoms with E-state index in [0.717, 1.165) is 24.5 Å². The summed E-state index contributed by atoms with van der Waals surface area (Å²) >= 11 is 0. The van der Waals surface area contributed by atoms with Crippen LogP contribution in [-0.4, -0.2) is 19.9 Å². The quantitative estimate of drug-likeness (QED) is 0.809. The molecule has 1 aliphatic carbocycles. The predicted molar refractivity (Wildman–Crippen MR) is 67.9 cm³/mol. The number of aromatic nitrogens is 4. The van der Waals surface area contributed by atoms with Gasteiger partial charge in [-0.25, -0.2) is 19.9 Å². The second-order valence-electron chi connectivity index (χ2n) is 4.79. The third-order valence-electron chi connectivity index (χ3n) is 3.69. The number of hydrogen-bond donors (Lipinski definition) is 0. The van der Waals surface area contributed by atoms with Crippen LogP contribution in [0.2, 0.25) is 0 Å². The van der Waals surface area contributed by atoms with Crippen molar-refractivity contribution < 1.29 is 0 Å². The van der Waals surface area contributed by atoms with Crippen molar-refractivity contribution in [3.8, 4) is 0 Å². The van der Waals surface area contributed by atoms with E-state index in [1.165, 1.54) is 19.3 Å². The van der Waals surface area contributed by atoms with Gasteiger partial charge in [0.15, 0.2) is 0 Å². The Morgan fingerprint density at radius 1 is 0.667 bits per heavy atom. The van der Waals surface area contributed by atoms with Crippen LogP contribution in [0.25, 0.3) is 0 Å². The first-order valence-corrected chi connectivity index (χ1v) is 6.47. The van der Waals surface area contributed by atoms with Gasteiger partial charge in [0, 0.05) is 24.8 Å².